The molecule has 19 heavy (non-hydrogen) atoms. The molecule has 1 atom stereocenters. The van der Waals surface area contributed by atoms with E-state index < -0.39 is 0 Å². The average Bonchev–Trinajstić information content (AvgIpc) is 2.93. The van der Waals surface area contributed by atoms with Crippen LogP contribution in [0, 0.1) is 5.92 Å². The normalized spacial score (nSPS) is 28.9. The summed E-state index contributed by atoms with van der Waals surface area (Å²) in [5.41, 5.74) is 6.34. The Labute approximate surface area is 115 Å². The van der Waals surface area contributed by atoms with Crippen LogP contribution >= 0.6 is 0 Å². The van der Waals surface area contributed by atoms with Gasteiger partial charge in [-0.25, -0.2) is 0 Å². The fourth-order valence-corrected chi connectivity index (χ4v) is 4.17. The molecule has 96 valence electrons. The number of hydrogen-bond donors (Lipinski definition) is 0. The maximum atomic E-state index is 2.51. The lowest BCUT2D eigenvalue weighted by Gasteiger charge is -2.44. The Kier molecular flexibility index (Phi) is 2.35. The standard InChI is InChI=1S/C19H20/c1-14-6-4-11-17(14)19(16-8-5-9-16)13-12-15-7-2-3-10-18(15)19/h2-4,6-7,10,12-13,16H,5,8-9,11H2,1H3. The lowest BCUT2D eigenvalue weighted by Crippen LogP contribution is -2.38. The van der Waals surface area contributed by atoms with Crippen molar-refractivity contribution in [3.63, 3.8) is 0 Å². The lowest BCUT2D eigenvalue weighted by atomic mass is 9.59. The Morgan fingerprint density at radius 3 is 2.63 bits per heavy atom. The summed E-state index contributed by atoms with van der Waals surface area (Å²) < 4.78 is 0. The zero-order valence-corrected chi connectivity index (χ0v) is 11.5. The Bertz CT molecular complexity index is 611. The predicted molar refractivity (Wildman–Crippen MR) is 81.0 cm³/mol. The minimum Gasteiger partial charge on any atom is -0.0801 e. The summed E-state index contributed by atoms with van der Waals surface area (Å²) in [6.07, 6.45) is 14.8. The Morgan fingerprint density at radius 1 is 1.11 bits per heavy atom. The fourth-order valence-electron chi connectivity index (χ4n) is 4.17. The van der Waals surface area contributed by atoms with Crippen molar-refractivity contribution in [2.45, 2.75) is 38.0 Å². The third-order valence-electron chi connectivity index (χ3n) is 5.35. The molecule has 3 aliphatic rings. The van der Waals surface area contributed by atoms with E-state index >= 15 is 0 Å². The maximum Gasteiger partial charge on any atom is 0.0387 e. The van der Waals surface area contributed by atoms with Gasteiger partial charge in [0.05, 0.1) is 0 Å². The molecule has 1 fully saturated rings. The highest BCUT2D eigenvalue weighted by atomic mass is 14.5. The molecule has 4 rings (SSSR count). The van der Waals surface area contributed by atoms with E-state index in [9.17, 15) is 0 Å². The second-order valence-electron chi connectivity index (χ2n) is 6.19. The molecule has 0 amide bonds. The molecule has 0 heterocycles. The van der Waals surface area contributed by atoms with Gasteiger partial charge in [0.15, 0.2) is 0 Å². The SMILES string of the molecule is CC1=C(C2(C3CCC3)C=Cc3ccccc32)CC=C1. The smallest absolute Gasteiger partial charge is 0.0387 e. The average molecular weight is 248 g/mol. The highest BCUT2D eigenvalue weighted by Crippen LogP contribution is 2.55. The van der Waals surface area contributed by atoms with Crippen LogP contribution in [0.2, 0.25) is 0 Å². The second-order valence-corrected chi connectivity index (χ2v) is 6.19. The van der Waals surface area contributed by atoms with Crippen molar-refractivity contribution in [2.24, 2.45) is 5.92 Å². The van der Waals surface area contributed by atoms with Crippen LogP contribution in [0.5, 0.6) is 0 Å². The van der Waals surface area contributed by atoms with Gasteiger partial charge in [0, 0.05) is 5.41 Å². The van der Waals surface area contributed by atoms with Crippen molar-refractivity contribution >= 4 is 6.08 Å². The minimum absolute atomic E-state index is 0.211. The summed E-state index contributed by atoms with van der Waals surface area (Å²) in [5.74, 6) is 0.817. The molecule has 0 saturated heterocycles. The molecule has 1 saturated carbocycles. The van der Waals surface area contributed by atoms with Crippen LogP contribution in [0.15, 0.2) is 53.6 Å². The van der Waals surface area contributed by atoms with Crippen molar-refractivity contribution < 1.29 is 0 Å². The molecule has 1 aromatic carbocycles. The molecule has 0 N–H and O–H groups in total. The fraction of sp³-hybridized carbons (Fsp3) is 0.368. The van der Waals surface area contributed by atoms with E-state index in [2.05, 4.69) is 55.5 Å². The number of rotatable bonds is 2. The van der Waals surface area contributed by atoms with Gasteiger partial charge in [0.2, 0.25) is 0 Å². The van der Waals surface area contributed by atoms with Gasteiger partial charge in [-0.1, -0.05) is 60.6 Å². The number of allylic oxidation sites excluding steroid dienone is 5. The van der Waals surface area contributed by atoms with Crippen molar-refractivity contribution in [1.29, 1.82) is 0 Å². The third-order valence-corrected chi connectivity index (χ3v) is 5.35. The summed E-state index contributed by atoms with van der Waals surface area (Å²) in [5, 5.41) is 0. The monoisotopic (exact) mass is 248 g/mol. The molecular formula is C19H20. The molecule has 0 bridgehead atoms. The first-order valence-electron chi connectivity index (χ1n) is 7.48. The van der Waals surface area contributed by atoms with E-state index in [1.165, 1.54) is 30.4 Å². The Balaban J connectivity index is 1.92. The molecule has 0 spiro atoms. The van der Waals surface area contributed by atoms with Crippen LogP contribution < -0.4 is 0 Å². The van der Waals surface area contributed by atoms with Crippen LogP contribution in [0.1, 0.15) is 43.7 Å². The topological polar surface area (TPSA) is 0 Å². The maximum absolute atomic E-state index is 2.51. The lowest BCUT2D eigenvalue weighted by molar-refractivity contribution is 0.230. The van der Waals surface area contributed by atoms with Gasteiger partial charge in [0.25, 0.3) is 0 Å². The molecular weight excluding hydrogens is 228 g/mol. The van der Waals surface area contributed by atoms with Crippen molar-refractivity contribution in [2.75, 3.05) is 0 Å². The van der Waals surface area contributed by atoms with Crippen LogP contribution in [0.4, 0.5) is 0 Å². The van der Waals surface area contributed by atoms with Gasteiger partial charge in [-0.3, -0.25) is 0 Å². The van der Waals surface area contributed by atoms with Gasteiger partial charge in [-0.05, 0) is 48.8 Å². The second kappa shape index (κ2) is 3.96. The first-order chi connectivity index (χ1) is 9.32. The first kappa shape index (κ1) is 11.3. The van der Waals surface area contributed by atoms with Crippen molar-refractivity contribution in [3.05, 3.63) is 64.8 Å². The van der Waals surface area contributed by atoms with Crippen LogP contribution in [0.25, 0.3) is 6.08 Å². The van der Waals surface area contributed by atoms with Gasteiger partial charge >= 0.3 is 0 Å². The molecule has 1 unspecified atom stereocenters. The predicted octanol–water partition coefficient (Wildman–Crippen LogP) is 5.03. The summed E-state index contributed by atoms with van der Waals surface area (Å²) >= 11 is 0. The summed E-state index contributed by atoms with van der Waals surface area (Å²) in [4.78, 5) is 0. The quantitative estimate of drug-likeness (QED) is 0.688. The summed E-state index contributed by atoms with van der Waals surface area (Å²) in [6.45, 7) is 2.29. The minimum atomic E-state index is 0.211. The van der Waals surface area contributed by atoms with Gasteiger partial charge in [0.1, 0.15) is 0 Å². The molecule has 1 aromatic rings. The van der Waals surface area contributed by atoms with Crippen LogP contribution in [0.3, 0.4) is 0 Å². The van der Waals surface area contributed by atoms with Crippen LogP contribution in [-0.4, -0.2) is 0 Å². The number of benzene rings is 1. The molecule has 0 radical (unpaired) electrons. The Morgan fingerprint density at radius 2 is 1.95 bits per heavy atom. The number of fused-ring (bicyclic) bond motifs is 1. The van der Waals surface area contributed by atoms with Crippen molar-refractivity contribution in [3.8, 4) is 0 Å². The van der Waals surface area contributed by atoms with E-state index in [0.717, 1.165) is 12.3 Å². The third kappa shape index (κ3) is 1.40. The van der Waals surface area contributed by atoms with Gasteiger partial charge < -0.3 is 0 Å². The number of hydrogen-bond acceptors (Lipinski definition) is 0. The highest BCUT2D eigenvalue weighted by molar-refractivity contribution is 5.70. The summed E-state index contributed by atoms with van der Waals surface area (Å²) in [7, 11) is 0. The van der Waals surface area contributed by atoms with E-state index in [0.29, 0.717) is 0 Å². The van der Waals surface area contributed by atoms with E-state index in [4.69, 9.17) is 0 Å². The molecule has 0 aliphatic heterocycles. The van der Waals surface area contributed by atoms with Gasteiger partial charge in [-0.15, -0.1) is 0 Å². The van der Waals surface area contributed by atoms with E-state index in [1.807, 2.05) is 0 Å². The zero-order chi connectivity index (χ0) is 12.9. The van der Waals surface area contributed by atoms with E-state index in [1.54, 1.807) is 11.1 Å². The molecule has 3 aliphatic carbocycles. The molecule has 0 nitrogen and oxygen atoms in total. The van der Waals surface area contributed by atoms with Crippen LogP contribution in [-0.2, 0) is 5.41 Å². The zero-order valence-electron chi connectivity index (χ0n) is 11.5. The molecule has 0 heteroatoms. The Hall–Kier alpha value is -1.56. The van der Waals surface area contributed by atoms with Gasteiger partial charge in [-0.2, -0.15) is 0 Å². The molecule has 0 aromatic heterocycles. The first-order valence-corrected chi connectivity index (χ1v) is 7.48. The summed E-state index contributed by atoms with van der Waals surface area (Å²) in [6, 6.07) is 8.99. The van der Waals surface area contributed by atoms with Crippen molar-refractivity contribution in [1.82, 2.24) is 0 Å². The largest absolute Gasteiger partial charge is 0.0801 e. The highest BCUT2D eigenvalue weighted by Gasteiger charge is 2.47. The van der Waals surface area contributed by atoms with E-state index in [-0.39, 0.29) is 5.41 Å².